The Labute approximate surface area is 122 Å². The molecule has 4 nitrogen and oxygen atoms in total. The number of carbonyl (C=O) groups is 2. The van der Waals surface area contributed by atoms with E-state index in [0.717, 1.165) is 12.8 Å². The second-order valence-electron chi connectivity index (χ2n) is 4.82. The van der Waals surface area contributed by atoms with Gasteiger partial charge in [0.1, 0.15) is 6.54 Å². The zero-order chi connectivity index (χ0) is 14.5. The maximum atomic E-state index is 12.3. The summed E-state index contributed by atoms with van der Waals surface area (Å²) < 4.78 is 0. The summed E-state index contributed by atoms with van der Waals surface area (Å²) >= 11 is 5.90. The van der Waals surface area contributed by atoms with Crippen LogP contribution in [0.25, 0.3) is 0 Å². The second-order valence-corrected chi connectivity index (χ2v) is 5.26. The van der Waals surface area contributed by atoms with Crippen molar-refractivity contribution < 1.29 is 14.7 Å². The van der Waals surface area contributed by atoms with Gasteiger partial charge < -0.3 is 10.0 Å². The molecule has 1 aliphatic rings. The fourth-order valence-electron chi connectivity index (χ4n) is 2.30. The van der Waals surface area contributed by atoms with E-state index >= 15 is 0 Å². The molecule has 0 heterocycles. The molecule has 0 saturated heterocycles. The lowest BCUT2D eigenvalue weighted by Gasteiger charge is -2.22. The predicted molar refractivity (Wildman–Crippen MR) is 77.9 cm³/mol. The normalized spacial score (nSPS) is 17.1. The van der Waals surface area contributed by atoms with Crippen LogP contribution in [0.5, 0.6) is 0 Å². The summed E-state index contributed by atoms with van der Waals surface area (Å²) in [6.45, 7) is -0.352. The van der Waals surface area contributed by atoms with Crippen LogP contribution in [0, 0.1) is 5.92 Å². The van der Waals surface area contributed by atoms with Gasteiger partial charge in [-0.1, -0.05) is 29.8 Å². The van der Waals surface area contributed by atoms with Crippen molar-refractivity contribution in [2.75, 3.05) is 11.4 Å². The third-order valence-corrected chi connectivity index (χ3v) is 3.50. The Morgan fingerprint density at radius 2 is 2.20 bits per heavy atom. The van der Waals surface area contributed by atoms with Crippen molar-refractivity contribution in [1.82, 2.24) is 0 Å². The van der Waals surface area contributed by atoms with Gasteiger partial charge >= 0.3 is 5.97 Å². The van der Waals surface area contributed by atoms with Crippen molar-refractivity contribution in [1.29, 1.82) is 0 Å². The molecular weight excluding hydrogens is 278 g/mol. The number of aliphatic carboxylic acids is 1. The Kier molecular flexibility index (Phi) is 4.79. The molecule has 1 amide bonds. The number of hydrogen-bond donors (Lipinski definition) is 1. The molecule has 0 saturated carbocycles. The van der Waals surface area contributed by atoms with Crippen molar-refractivity contribution in [2.24, 2.45) is 5.92 Å². The van der Waals surface area contributed by atoms with Crippen molar-refractivity contribution in [3.8, 4) is 0 Å². The van der Waals surface area contributed by atoms with Crippen LogP contribution >= 0.6 is 11.6 Å². The van der Waals surface area contributed by atoms with E-state index in [-0.39, 0.29) is 18.4 Å². The summed E-state index contributed by atoms with van der Waals surface area (Å²) in [5, 5.41) is 9.46. The Morgan fingerprint density at radius 3 is 2.80 bits per heavy atom. The summed E-state index contributed by atoms with van der Waals surface area (Å²) in [6, 6.07) is 6.69. The van der Waals surface area contributed by atoms with Gasteiger partial charge in [0.25, 0.3) is 0 Å². The number of rotatable bonds is 5. The lowest BCUT2D eigenvalue weighted by molar-refractivity contribution is -0.136. The van der Waals surface area contributed by atoms with Gasteiger partial charge in [-0.15, -0.1) is 0 Å². The Morgan fingerprint density at radius 1 is 1.40 bits per heavy atom. The van der Waals surface area contributed by atoms with E-state index in [1.165, 1.54) is 4.90 Å². The monoisotopic (exact) mass is 293 g/mol. The molecule has 2 rings (SSSR count). The van der Waals surface area contributed by atoms with Crippen molar-refractivity contribution in [2.45, 2.75) is 19.3 Å². The van der Waals surface area contributed by atoms with Gasteiger partial charge in [-0.25, -0.2) is 0 Å². The zero-order valence-corrected chi connectivity index (χ0v) is 11.7. The highest BCUT2D eigenvalue weighted by Crippen LogP contribution is 2.24. The van der Waals surface area contributed by atoms with Crippen LogP contribution in [0.4, 0.5) is 5.69 Å². The van der Waals surface area contributed by atoms with E-state index in [2.05, 4.69) is 6.08 Å². The number of nitrogens with zero attached hydrogens (tertiary/aromatic N) is 1. The number of allylic oxidation sites excluding steroid dienone is 2. The number of hydrogen-bond acceptors (Lipinski definition) is 2. The Bertz CT molecular complexity index is 542. The average molecular weight is 294 g/mol. The number of halogens is 1. The van der Waals surface area contributed by atoms with E-state index < -0.39 is 5.97 Å². The predicted octanol–water partition coefficient (Wildman–Crippen LogP) is 3.11. The number of anilines is 1. The number of carboxylic acid groups (broad SMARTS) is 1. The molecule has 1 atom stereocenters. The molecule has 1 aliphatic carbocycles. The first-order chi connectivity index (χ1) is 9.56. The van der Waals surface area contributed by atoms with Gasteiger partial charge in [-0.2, -0.15) is 0 Å². The second kappa shape index (κ2) is 6.57. The first-order valence-electron chi connectivity index (χ1n) is 6.50. The Hall–Kier alpha value is -1.81. The maximum Gasteiger partial charge on any atom is 0.323 e. The lowest BCUT2D eigenvalue weighted by Crippen LogP contribution is -2.36. The Balaban J connectivity index is 2.15. The highest BCUT2D eigenvalue weighted by Gasteiger charge is 2.22. The number of benzene rings is 1. The summed E-state index contributed by atoms with van der Waals surface area (Å²) in [4.78, 5) is 24.6. The zero-order valence-electron chi connectivity index (χ0n) is 11.0. The van der Waals surface area contributed by atoms with Gasteiger partial charge in [0.2, 0.25) is 5.91 Å². The fourth-order valence-corrected chi connectivity index (χ4v) is 2.49. The first kappa shape index (κ1) is 14.6. The fraction of sp³-hybridized carbons (Fsp3) is 0.333. The van der Waals surface area contributed by atoms with Crippen LogP contribution in [0.15, 0.2) is 36.4 Å². The van der Waals surface area contributed by atoms with E-state index in [4.69, 9.17) is 16.7 Å². The molecule has 1 aromatic rings. The van der Waals surface area contributed by atoms with Gasteiger partial charge in [0, 0.05) is 17.1 Å². The molecule has 0 radical (unpaired) electrons. The molecule has 0 bridgehead atoms. The van der Waals surface area contributed by atoms with Crippen LogP contribution in [0.2, 0.25) is 5.02 Å². The molecule has 5 heteroatoms. The average Bonchev–Trinajstić information content (AvgIpc) is 2.88. The van der Waals surface area contributed by atoms with Crippen molar-refractivity contribution >= 4 is 29.2 Å². The minimum Gasteiger partial charge on any atom is -0.480 e. The first-order valence-corrected chi connectivity index (χ1v) is 6.88. The molecule has 1 aromatic carbocycles. The smallest absolute Gasteiger partial charge is 0.323 e. The SMILES string of the molecule is O=C(O)CN(C(=O)CC1C=CCC1)c1cccc(Cl)c1. The van der Waals surface area contributed by atoms with E-state index in [1.807, 2.05) is 6.08 Å². The highest BCUT2D eigenvalue weighted by atomic mass is 35.5. The third kappa shape index (κ3) is 3.84. The minimum absolute atomic E-state index is 0.189. The van der Waals surface area contributed by atoms with Crippen LogP contribution in [0.3, 0.4) is 0 Å². The quantitative estimate of drug-likeness (QED) is 0.849. The molecule has 106 valence electrons. The lowest BCUT2D eigenvalue weighted by atomic mass is 10.0. The van der Waals surface area contributed by atoms with E-state index in [9.17, 15) is 9.59 Å². The molecule has 0 fully saturated rings. The third-order valence-electron chi connectivity index (χ3n) is 3.26. The molecule has 0 aliphatic heterocycles. The van der Waals surface area contributed by atoms with E-state index in [0.29, 0.717) is 17.1 Å². The summed E-state index contributed by atoms with van der Waals surface area (Å²) in [5.41, 5.74) is 0.520. The molecule has 0 spiro atoms. The van der Waals surface area contributed by atoms with Crippen molar-refractivity contribution in [3.05, 3.63) is 41.4 Å². The topological polar surface area (TPSA) is 57.6 Å². The van der Waals surface area contributed by atoms with Gasteiger partial charge in [0.15, 0.2) is 0 Å². The molecule has 20 heavy (non-hydrogen) atoms. The van der Waals surface area contributed by atoms with Crippen LogP contribution in [-0.2, 0) is 9.59 Å². The van der Waals surface area contributed by atoms with E-state index in [1.54, 1.807) is 24.3 Å². The van der Waals surface area contributed by atoms with Crippen LogP contribution < -0.4 is 4.90 Å². The van der Waals surface area contributed by atoms with Gasteiger partial charge in [-0.3, -0.25) is 9.59 Å². The summed E-state index contributed by atoms with van der Waals surface area (Å²) in [7, 11) is 0. The number of carboxylic acids is 1. The largest absolute Gasteiger partial charge is 0.480 e. The van der Waals surface area contributed by atoms with Crippen molar-refractivity contribution in [3.63, 3.8) is 0 Å². The van der Waals surface area contributed by atoms with Gasteiger partial charge in [0.05, 0.1) is 0 Å². The molecule has 1 N–H and O–H groups in total. The number of carbonyl (C=O) groups excluding carboxylic acids is 1. The van der Waals surface area contributed by atoms with Crippen LogP contribution in [-0.4, -0.2) is 23.5 Å². The summed E-state index contributed by atoms with van der Waals surface area (Å²) in [5.74, 6) is -1.02. The maximum absolute atomic E-state index is 12.3. The van der Waals surface area contributed by atoms with Gasteiger partial charge in [-0.05, 0) is 37.0 Å². The highest BCUT2D eigenvalue weighted by molar-refractivity contribution is 6.30. The molecule has 0 aromatic heterocycles. The standard InChI is InChI=1S/C15H16ClNO3/c16-12-6-3-7-13(9-12)17(10-15(19)20)14(18)8-11-4-1-2-5-11/h1,3-4,6-7,9,11H,2,5,8,10H2,(H,19,20). The molecule has 1 unspecified atom stereocenters. The van der Waals surface area contributed by atoms with Crippen LogP contribution in [0.1, 0.15) is 19.3 Å². The minimum atomic E-state index is -1.04. The molecular formula is C15H16ClNO3. The number of amides is 1. The summed E-state index contributed by atoms with van der Waals surface area (Å²) in [6.07, 6.45) is 6.33.